The molecule has 2 aromatic rings. The molecule has 2 aliphatic rings. The second kappa shape index (κ2) is 9.17. The number of aryl methyl sites for hydroxylation is 2. The number of ether oxygens (including phenoxy) is 3. The van der Waals surface area contributed by atoms with Gasteiger partial charge in [-0.1, -0.05) is 18.2 Å². The van der Waals surface area contributed by atoms with Crippen molar-refractivity contribution in [2.24, 2.45) is 0 Å². The zero-order chi connectivity index (χ0) is 23.6. The highest BCUT2D eigenvalue weighted by Gasteiger charge is 2.42. The normalized spacial score (nSPS) is 18.3. The molecule has 2 saturated heterocycles. The van der Waals surface area contributed by atoms with Gasteiger partial charge in [0.2, 0.25) is 11.8 Å². The van der Waals surface area contributed by atoms with Crippen molar-refractivity contribution in [3.63, 3.8) is 0 Å². The zero-order valence-corrected chi connectivity index (χ0v) is 20.3. The molecular weight excluding hydrogens is 420 g/mol. The minimum absolute atomic E-state index is 0.271. The summed E-state index contributed by atoms with van der Waals surface area (Å²) in [7, 11) is 0. The fourth-order valence-corrected chi connectivity index (χ4v) is 4.25. The van der Waals surface area contributed by atoms with E-state index in [9.17, 15) is 4.79 Å². The van der Waals surface area contributed by atoms with E-state index in [-0.39, 0.29) is 11.7 Å². The van der Waals surface area contributed by atoms with Crippen molar-refractivity contribution >= 4 is 12.0 Å². The van der Waals surface area contributed by atoms with E-state index < -0.39 is 5.60 Å². The highest BCUT2D eigenvalue weighted by Crippen LogP contribution is 2.33. The number of piperidine rings is 1. The van der Waals surface area contributed by atoms with Gasteiger partial charge in [0, 0.05) is 31.4 Å². The number of hydrogen-bond donors (Lipinski definition) is 0. The highest BCUT2D eigenvalue weighted by atomic mass is 16.6. The standard InChI is InChI=1S/C25H34N4O4/c1-18-8-6-7-9-20(18)32-21-16-19(2)26-22(27-21)28-12-10-25(11-13-28)17-29(14-15-31-25)23(30)33-24(3,4)5/h6-9,16H,10-15,17H2,1-5H3. The van der Waals surface area contributed by atoms with Crippen molar-refractivity contribution < 1.29 is 19.0 Å². The van der Waals surface area contributed by atoms with Gasteiger partial charge in [-0.15, -0.1) is 0 Å². The lowest BCUT2D eigenvalue weighted by Gasteiger charge is -2.47. The Morgan fingerprint density at radius 3 is 2.52 bits per heavy atom. The second-order valence-electron chi connectivity index (χ2n) is 9.94. The Bertz CT molecular complexity index is 996. The van der Waals surface area contributed by atoms with Gasteiger partial charge in [-0.25, -0.2) is 9.78 Å². The molecule has 0 N–H and O–H groups in total. The Kier molecular flexibility index (Phi) is 6.47. The molecule has 8 heteroatoms. The smallest absolute Gasteiger partial charge is 0.410 e. The lowest BCUT2D eigenvalue weighted by atomic mass is 9.89. The van der Waals surface area contributed by atoms with Gasteiger partial charge < -0.3 is 24.0 Å². The first kappa shape index (κ1) is 23.3. The first-order valence-corrected chi connectivity index (χ1v) is 11.6. The molecule has 8 nitrogen and oxygen atoms in total. The number of aromatic nitrogens is 2. The number of nitrogens with zero attached hydrogens (tertiary/aromatic N) is 4. The molecule has 2 aliphatic heterocycles. The monoisotopic (exact) mass is 454 g/mol. The van der Waals surface area contributed by atoms with Crippen LogP contribution in [0, 0.1) is 13.8 Å². The Hall–Kier alpha value is -2.87. The highest BCUT2D eigenvalue weighted by molar-refractivity contribution is 5.68. The van der Waals surface area contributed by atoms with Crippen molar-refractivity contribution in [3.05, 3.63) is 41.6 Å². The number of morpholine rings is 1. The van der Waals surface area contributed by atoms with E-state index in [1.807, 2.05) is 65.0 Å². The third kappa shape index (κ3) is 5.74. The van der Waals surface area contributed by atoms with Crippen LogP contribution in [0.15, 0.2) is 30.3 Å². The number of rotatable bonds is 3. The third-order valence-electron chi connectivity index (χ3n) is 5.98. The molecule has 0 unspecified atom stereocenters. The van der Waals surface area contributed by atoms with Crippen molar-refractivity contribution in [3.8, 4) is 11.6 Å². The summed E-state index contributed by atoms with van der Waals surface area (Å²) < 4.78 is 17.8. The Morgan fingerprint density at radius 1 is 1.09 bits per heavy atom. The van der Waals surface area contributed by atoms with E-state index in [0.29, 0.717) is 31.5 Å². The molecule has 1 amide bonds. The fraction of sp³-hybridized carbons (Fsp3) is 0.560. The molecule has 4 rings (SSSR count). The minimum Gasteiger partial charge on any atom is -0.444 e. The molecule has 0 saturated carbocycles. The number of hydrogen-bond acceptors (Lipinski definition) is 7. The molecule has 1 spiro atoms. The van der Waals surface area contributed by atoms with E-state index >= 15 is 0 Å². The summed E-state index contributed by atoms with van der Waals surface area (Å²) in [5.41, 5.74) is 1.05. The number of carbonyl (C=O) groups is 1. The number of anilines is 1. The predicted octanol–water partition coefficient (Wildman–Crippen LogP) is 4.49. The number of para-hydroxylation sites is 1. The summed E-state index contributed by atoms with van der Waals surface area (Å²) in [6, 6.07) is 9.74. The van der Waals surface area contributed by atoms with E-state index in [1.54, 1.807) is 4.90 Å². The summed E-state index contributed by atoms with van der Waals surface area (Å²) in [6.45, 7) is 12.7. The van der Waals surface area contributed by atoms with E-state index in [1.165, 1.54) is 0 Å². The van der Waals surface area contributed by atoms with E-state index in [2.05, 4.69) is 14.9 Å². The van der Waals surface area contributed by atoms with Crippen LogP contribution in [-0.4, -0.2) is 64.9 Å². The number of carbonyl (C=O) groups excluding carboxylic acids is 1. The van der Waals surface area contributed by atoms with Gasteiger partial charge in [0.1, 0.15) is 11.4 Å². The fourth-order valence-electron chi connectivity index (χ4n) is 4.25. The van der Waals surface area contributed by atoms with Gasteiger partial charge >= 0.3 is 6.09 Å². The van der Waals surface area contributed by atoms with Gasteiger partial charge in [-0.05, 0) is 59.1 Å². The Balaban J connectivity index is 1.42. The van der Waals surface area contributed by atoms with Crippen LogP contribution in [0.4, 0.5) is 10.7 Å². The quantitative estimate of drug-likeness (QED) is 0.676. The van der Waals surface area contributed by atoms with Crippen molar-refractivity contribution in [2.45, 2.75) is 58.7 Å². The van der Waals surface area contributed by atoms with Gasteiger partial charge in [0.25, 0.3) is 0 Å². The Labute approximate surface area is 195 Å². The Morgan fingerprint density at radius 2 is 1.82 bits per heavy atom. The maximum Gasteiger partial charge on any atom is 0.410 e. The van der Waals surface area contributed by atoms with Crippen LogP contribution in [0.3, 0.4) is 0 Å². The summed E-state index contributed by atoms with van der Waals surface area (Å²) >= 11 is 0. The number of benzene rings is 1. The van der Waals surface area contributed by atoms with Gasteiger partial charge in [0.15, 0.2) is 0 Å². The molecule has 1 aromatic heterocycles. The van der Waals surface area contributed by atoms with Crippen molar-refractivity contribution in [1.82, 2.24) is 14.9 Å². The van der Waals surface area contributed by atoms with Crippen LogP contribution >= 0.6 is 0 Å². The van der Waals surface area contributed by atoms with Crippen molar-refractivity contribution in [2.75, 3.05) is 37.7 Å². The van der Waals surface area contributed by atoms with Gasteiger partial charge in [0.05, 0.1) is 18.8 Å². The number of amides is 1. The van der Waals surface area contributed by atoms with Crippen LogP contribution in [-0.2, 0) is 9.47 Å². The van der Waals surface area contributed by atoms with Gasteiger partial charge in [-0.2, -0.15) is 4.98 Å². The predicted molar refractivity (Wildman–Crippen MR) is 126 cm³/mol. The largest absolute Gasteiger partial charge is 0.444 e. The maximum absolute atomic E-state index is 12.6. The summed E-state index contributed by atoms with van der Waals surface area (Å²) in [5, 5.41) is 0. The van der Waals surface area contributed by atoms with E-state index in [0.717, 1.165) is 42.9 Å². The SMILES string of the molecule is Cc1cc(Oc2ccccc2C)nc(N2CCC3(CC2)CN(C(=O)OC(C)(C)C)CCO3)n1. The summed E-state index contributed by atoms with van der Waals surface area (Å²) in [6.07, 6.45) is 1.31. The van der Waals surface area contributed by atoms with Crippen LogP contribution in [0.1, 0.15) is 44.9 Å². The zero-order valence-electron chi connectivity index (χ0n) is 20.3. The molecule has 1 aromatic carbocycles. The van der Waals surface area contributed by atoms with Crippen LogP contribution in [0.25, 0.3) is 0 Å². The average molecular weight is 455 g/mol. The molecule has 0 bridgehead atoms. The average Bonchev–Trinajstić information content (AvgIpc) is 2.74. The maximum atomic E-state index is 12.6. The van der Waals surface area contributed by atoms with Crippen LogP contribution in [0.5, 0.6) is 11.6 Å². The second-order valence-corrected chi connectivity index (χ2v) is 9.94. The third-order valence-corrected chi connectivity index (χ3v) is 5.98. The van der Waals surface area contributed by atoms with Crippen molar-refractivity contribution in [1.29, 1.82) is 0 Å². The molecule has 2 fully saturated rings. The summed E-state index contributed by atoms with van der Waals surface area (Å²) in [5.74, 6) is 1.99. The molecular formula is C25H34N4O4. The van der Waals surface area contributed by atoms with Crippen LogP contribution < -0.4 is 9.64 Å². The summed E-state index contributed by atoms with van der Waals surface area (Å²) in [4.78, 5) is 25.8. The molecule has 33 heavy (non-hydrogen) atoms. The molecule has 0 aliphatic carbocycles. The van der Waals surface area contributed by atoms with Gasteiger partial charge in [-0.3, -0.25) is 0 Å². The topological polar surface area (TPSA) is 77.0 Å². The van der Waals surface area contributed by atoms with Crippen LogP contribution in [0.2, 0.25) is 0 Å². The minimum atomic E-state index is -0.507. The molecule has 178 valence electrons. The van der Waals surface area contributed by atoms with E-state index in [4.69, 9.17) is 14.2 Å². The first-order valence-electron chi connectivity index (χ1n) is 11.6. The molecule has 3 heterocycles. The molecule has 0 atom stereocenters. The first-order chi connectivity index (χ1) is 15.6. The molecule has 0 radical (unpaired) electrons. The lowest BCUT2D eigenvalue weighted by molar-refractivity contribution is -0.119. The lowest BCUT2D eigenvalue weighted by Crippen LogP contribution is -2.58.